The molecule has 3 nitrogen and oxygen atoms in total. The van der Waals surface area contributed by atoms with Crippen LogP contribution in [-0.4, -0.2) is 32.7 Å². The molecule has 0 radical (unpaired) electrons. The van der Waals surface area contributed by atoms with E-state index in [1.54, 1.807) is 7.11 Å². The average molecular weight is 255 g/mol. The van der Waals surface area contributed by atoms with Gasteiger partial charge < -0.3 is 15.2 Å². The van der Waals surface area contributed by atoms with Crippen LogP contribution < -0.4 is 5.73 Å². The van der Waals surface area contributed by atoms with Crippen LogP contribution in [0.3, 0.4) is 0 Å². The predicted molar refractivity (Wildman–Crippen MR) is 73.6 cm³/mol. The van der Waals surface area contributed by atoms with Crippen molar-refractivity contribution in [2.45, 2.75) is 18.2 Å². The molecule has 4 heteroatoms. The number of benzene rings is 1. The molecule has 0 aliphatic rings. The first kappa shape index (κ1) is 14.4. The molecule has 0 unspecified atom stereocenters. The maximum atomic E-state index is 5.76. The second-order valence-corrected chi connectivity index (χ2v) is 4.97. The number of ether oxygens (including phenoxy) is 2. The zero-order chi connectivity index (χ0) is 12.5. The lowest BCUT2D eigenvalue weighted by Crippen LogP contribution is -2.03. The molecule has 0 saturated heterocycles. The minimum Gasteiger partial charge on any atom is -0.399 e. The molecule has 0 aromatic heterocycles. The summed E-state index contributed by atoms with van der Waals surface area (Å²) in [5.74, 6) is 1.05. The van der Waals surface area contributed by atoms with E-state index in [1.165, 1.54) is 10.5 Å². The molecule has 17 heavy (non-hydrogen) atoms. The summed E-state index contributed by atoms with van der Waals surface area (Å²) in [5.41, 5.74) is 7.87. The number of rotatable bonds is 8. The summed E-state index contributed by atoms with van der Waals surface area (Å²) in [5, 5.41) is 0. The van der Waals surface area contributed by atoms with Gasteiger partial charge in [-0.05, 0) is 31.0 Å². The lowest BCUT2D eigenvalue weighted by atomic mass is 10.2. The molecular weight excluding hydrogens is 234 g/mol. The fraction of sp³-hybridized carbons (Fsp3) is 0.538. The average Bonchev–Trinajstić information content (AvgIpc) is 2.32. The Kier molecular flexibility index (Phi) is 7.08. The summed E-state index contributed by atoms with van der Waals surface area (Å²) >= 11 is 1.83. The van der Waals surface area contributed by atoms with Crippen molar-refractivity contribution in [2.75, 3.05) is 38.4 Å². The van der Waals surface area contributed by atoms with E-state index in [9.17, 15) is 0 Å². The molecule has 96 valence electrons. The minimum atomic E-state index is 0.668. The monoisotopic (exact) mass is 255 g/mol. The zero-order valence-corrected chi connectivity index (χ0v) is 11.4. The van der Waals surface area contributed by atoms with Gasteiger partial charge in [0.1, 0.15) is 0 Å². The number of anilines is 1. The first-order chi connectivity index (χ1) is 8.24. The molecule has 0 saturated carbocycles. The standard InChI is InChI=1S/C13H21NO2S/c1-11-4-5-12(14)10-13(11)17-9-3-6-16-8-7-15-2/h4-5,10H,3,6-9,14H2,1-2H3. The highest BCUT2D eigenvalue weighted by atomic mass is 32.2. The number of nitrogen functional groups attached to an aromatic ring is 1. The van der Waals surface area contributed by atoms with Crippen LogP contribution in [0, 0.1) is 6.92 Å². The van der Waals surface area contributed by atoms with Crippen molar-refractivity contribution < 1.29 is 9.47 Å². The topological polar surface area (TPSA) is 44.5 Å². The van der Waals surface area contributed by atoms with Gasteiger partial charge in [0.2, 0.25) is 0 Å². The summed E-state index contributed by atoms with van der Waals surface area (Å²) in [6.45, 7) is 4.24. The largest absolute Gasteiger partial charge is 0.399 e. The molecule has 1 aromatic carbocycles. The second-order valence-electron chi connectivity index (χ2n) is 3.83. The van der Waals surface area contributed by atoms with Gasteiger partial charge in [-0.25, -0.2) is 0 Å². The van der Waals surface area contributed by atoms with E-state index in [4.69, 9.17) is 15.2 Å². The van der Waals surface area contributed by atoms with Gasteiger partial charge in [0.05, 0.1) is 13.2 Å². The van der Waals surface area contributed by atoms with E-state index in [0.717, 1.165) is 24.5 Å². The van der Waals surface area contributed by atoms with E-state index in [0.29, 0.717) is 13.2 Å². The zero-order valence-electron chi connectivity index (χ0n) is 10.6. The Morgan fingerprint density at radius 2 is 2.06 bits per heavy atom. The van der Waals surface area contributed by atoms with E-state index in [-0.39, 0.29) is 0 Å². The van der Waals surface area contributed by atoms with E-state index in [2.05, 4.69) is 13.0 Å². The molecule has 1 rings (SSSR count). The Morgan fingerprint density at radius 3 is 2.82 bits per heavy atom. The molecule has 2 N–H and O–H groups in total. The number of hydrogen-bond donors (Lipinski definition) is 1. The Labute approximate surface area is 108 Å². The summed E-state index contributed by atoms with van der Waals surface area (Å²) in [7, 11) is 1.68. The quantitative estimate of drug-likeness (QED) is 0.441. The highest BCUT2D eigenvalue weighted by molar-refractivity contribution is 7.99. The van der Waals surface area contributed by atoms with Gasteiger partial charge in [-0.2, -0.15) is 0 Å². The molecule has 0 aliphatic carbocycles. The van der Waals surface area contributed by atoms with Gasteiger partial charge in [0.25, 0.3) is 0 Å². The molecule has 0 fully saturated rings. The number of hydrogen-bond acceptors (Lipinski definition) is 4. The van der Waals surface area contributed by atoms with Crippen LogP contribution in [0.5, 0.6) is 0 Å². The van der Waals surface area contributed by atoms with Gasteiger partial charge in [-0.3, -0.25) is 0 Å². The van der Waals surface area contributed by atoms with Gasteiger partial charge >= 0.3 is 0 Å². The lowest BCUT2D eigenvalue weighted by molar-refractivity contribution is 0.0713. The number of aryl methyl sites for hydroxylation is 1. The first-order valence-corrected chi connectivity index (χ1v) is 6.78. The third kappa shape index (κ3) is 5.96. The van der Waals surface area contributed by atoms with Crippen molar-refractivity contribution in [1.29, 1.82) is 0 Å². The van der Waals surface area contributed by atoms with Crippen LogP contribution in [0.25, 0.3) is 0 Å². The maximum absolute atomic E-state index is 5.76. The maximum Gasteiger partial charge on any atom is 0.0700 e. The Bertz CT molecular complexity index is 331. The van der Waals surface area contributed by atoms with Crippen molar-refractivity contribution in [2.24, 2.45) is 0 Å². The third-order valence-electron chi connectivity index (χ3n) is 2.33. The predicted octanol–water partition coefficient (Wildman–Crippen LogP) is 2.72. The fourth-order valence-electron chi connectivity index (χ4n) is 1.36. The molecular formula is C13H21NO2S. The lowest BCUT2D eigenvalue weighted by Gasteiger charge is -2.07. The summed E-state index contributed by atoms with van der Waals surface area (Å²) in [6, 6.07) is 6.03. The van der Waals surface area contributed by atoms with Gasteiger partial charge in [0, 0.05) is 30.1 Å². The smallest absolute Gasteiger partial charge is 0.0700 e. The van der Waals surface area contributed by atoms with Crippen LogP contribution in [0.2, 0.25) is 0 Å². The van der Waals surface area contributed by atoms with Crippen molar-refractivity contribution in [1.82, 2.24) is 0 Å². The normalized spacial score (nSPS) is 10.7. The molecule has 0 bridgehead atoms. The number of nitrogens with two attached hydrogens (primary N) is 1. The minimum absolute atomic E-state index is 0.668. The van der Waals surface area contributed by atoms with Crippen LogP contribution in [0.1, 0.15) is 12.0 Å². The van der Waals surface area contributed by atoms with Crippen LogP contribution >= 0.6 is 11.8 Å². The Morgan fingerprint density at radius 1 is 1.24 bits per heavy atom. The Hall–Kier alpha value is -0.710. The molecule has 0 heterocycles. The highest BCUT2D eigenvalue weighted by Gasteiger charge is 1.99. The van der Waals surface area contributed by atoms with E-state index < -0.39 is 0 Å². The van der Waals surface area contributed by atoms with Crippen molar-refractivity contribution in [3.05, 3.63) is 23.8 Å². The second kappa shape index (κ2) is 8.39. The molecule has 0 spiro atoms. The number of methoxy groups -OCH3 is 1. The van der Waals surface area contributed by atoms with Crippen molar-refractivity contribution in [3.8, 4) is 0 Å². The van der Waals surface area contributed by atoms with Gasteiger partial charge in [-0.15, -0.1) is 11.8 Å². The van der Waals surface area contributed by atoms with Crippen LogP contribution in [0.4, 0.5) is 5.69 Å². The van der Waals surface area contributed by atoms with Crippen molar-refractivity contribution in [3.63, 3.8) is 0 Å². The third-order valence-corrected chi connectivity index (χ3v) is 3.58. The van der Waals surface area contributed by atoms with Crippen LogP contribution in [-0.2, 0) is 9.47 Å². The molecule has 0 atom stereocenters. The van der Waals surface area contributed by atoms with Crippen LogP contribution in [0.15, 0.2) is 23.1 Å². The SMILES string of the molecule is COCCOCCCSc1cc(N)ccc1C. The van der Waals surface area contributed by atoms with Gasteiger partial charge in [-0.1, -0.05) is 6.07 Å². The van der Waals surface area contributed by atoms with E-state index >= 15 is 0 Å². The molecule has 0 amide bonds. The Balaban J connectivity index is 2.15. The number of thioether (sulfide) groups is 1. The summed E-state index contributed by atoms with van der Waals surface area (Å²) < 4.78 is 10.3. The summed E-state index contributed by atoms with van der Waals surface area (Å²) in [4.78, 5) is 1.27. The molecule has 1 aromatic rings. The fourth-order valence-corrected chi connectivity index (χ4v) is 2.36. The first-order valence-electron chi connectivity index (χ1n) is 5.79. The van der Waals surface area contributed by atoms with Gasteiger partial charge in [0.15, 0.2) is 0 Å². The van der Waals surface area contributed by atoms with Crippen molar-refractivity contribution >= 4 is 17.4 Å². The molecule has 0 aliphatic heterocycles. The highest BCUT2D eigenvalue weighted by Crippen LogP contribution is 2.24. The summed E-state index contributed by atoms with van der Waals surface area (Å²) in [6.07, 6.45) is 1.04. The van der Waals surface area contributed by atoms with E-state index in [1.807, 2.05) is 23.9 Å².